The molecule has 5 rings (SSSR count). The molecule has 0 unspecified atom stereocenters. The molecule has 2 aromatic carbocycles. The second-order valence-corrected chi connectivity index (χ2v) is 11.0. The van der Waals surface area contributed by atoms with Crippen molar-refractivity contribution < 1.29 is 27.9 Å². The van der Waals surface area contributed by atoms with Gasteiger partial charge in [0.25, 0.3) is 0 Å². The molecule has 39 heavy (non-hydrogen) atoms. The first kappa shape index (κ1) is 28.9. The first-order valence-corrected chi connectivity index (χ1v) is 13.5. The second kappa shape index (κ2) is 12.0. The molecule has 2 heterocycles. The smallest absolute Gasteiger partial charge is 0.475 e. The lowest BCUT2D eigenvalue weighted by molar-refractivity contribution is -0.192. The third-order valence-corrected chi connectivity index (χ3v) is 7.61. The van der Waals surface area contributed by atoms with Crippen LogP contribution < -0.4 is 11.0 Å². The Morgan fingerprint density at radius 2 is 1.79 bits per heavy atom. The number of aromatic nitrogens is 2. The van der Waals surface area contributed by atoms with Gasteiger partial charge in [0.1, 0.15) is 0 Å². The van der Waals surface area contributed by atoms with Crippen molar-refractivity contribution in [1.29, 1.82) is 0 Å². The summed E-state index contributed by atoms with van der Waals surface area (Å²) in [5.74, 6) is -2.10. The van der Waals surface area contributed by atoms with E-state index in [1.807, 2.05) is 41.0 Å². The topological polar surface area (TPSA) is 107 Å². The number of aliphatic carboxylic acids is 1. The average molecular weight is 611 g/mol. The largest absolute Gasteiger partial charge is 0.490 e. The number of carbonyl (C=O) groups excluding carboxylic acids is 1. The number of nitrogens with zero attached hydrogens (tertiary/aromatic N) is 2. The van der Waals surface area contributed by atoms with Crippen LogP contribution >= 0.6 is 15.9 Å². The standard InChI is InChI=1S/C25H29BrN4O2.C2HF3O2/c1-16(27-24(31)21-14-20(21)17-5-3-2-4-6-17)15-29-11-9-19(10-12-29)30-23-8-7-18(26)13-22(23)28-25(30)32;3-2(4,5)1(6)7/h2-8,13,16,19-21H,9-12,14-15H2,1H3,(H,27,31)(H,28,32);(H,6,7)/t16-,20-,21+;/m0./s1. The quantitative estimate of drug-likeness (QED) is 0.376. The molecule has 3 aromatic rings. The van der Waals surface area contributed by atoms with E-state index in [1.54, 1.807) is 0 Å². The molecule has 0 radical (unpaired) electrons. The number of carbonyl (C=O) groups is 2. The minimum atomic E-state index is -5.08. The number of imidazole rings is 1. The highest BCUT2D eigenvalue weighted by Gasteiger charge is 2.44. The van der Waals surface area contributed by atoms with Gasteiger partial charge >= 0.3 is 17.8 Å². The number of alkyl halides is 3. The summed E-state index contributed by atoms with van der Waals surface area (Å²) in [7, 11) is 0. The Bertz CT molecular complexity index is 1370. The van der Waals surface area contributed by atoms with Crippen molar-refractivity contribution in [3.63, 3.8) is 0 Å². The van der Waals surface area contributed by atoms with Crippen molar-refractivity contribution in [1.82, 2.24) is 19.8 Å². The Hall–Kier alpha value is -3.12. The molecule has 0 bridgehead atoms. The number of nitrogens with one attached hydrogen (secondary N) is 2. The number of benzene rings is 2. The summed E-state index contributed by atoms with van der Waals surface area (Å²) in [6, 6.07) is 16.6. The highest BCUT2D eigenvalue weighted by atomic mass is 79.9. The first-order valence-electron chi connectivity index (χ1n) is 12.7. The van der Waals surface area contributed by atoms with Gasteiger partial charge in [-0.25, -0.2) is 9.59 Å². The summed E-state index contributed by atoms with van der Waals surface area (Å²) >= 11 is 3.47. The van der Waals surface area contributed by atoms with Crippen LogP contribution in [0, 0.1) is 5.92 Å². The van der Waals surface area contributed by atoms with Crippen LogP contribution in [-0.4, -0.2) is 63.3 Å². The molecule has 1 saturated heterocycles. The summed E-state index contributed by atoms with van der Waals surface area (Å²) in [6.45, 7) is 4.79. The molecule has 1 aliphatic heterocycles. The van der Waals surface area contributed by atoms with Crippen LogP contribution in [0.3, 0.4) is 0 Å². The van der Waals surface area contributed by atoms with Gasteiger partial charge in [-0.2, -0.15) is 13.2 Å². The molecule has 3 atom stereocenters. The van der Waals surface area contributed by atoms with Crippen molar-refractivity contribution in [2.75, 3.05) is 19.6 Å². The monoisotopic (exact) mass is 610 g/mol. The Kier molecular flexibility index (Phi) is 8.85. The maximum atomic E-state index is 12.7. The number of hydrogen-bond donors (Lipinski definition) is 3. The van der Waals surface area contributed by atoms with Gasteiger partial charge < -0.3 is 20.3 Å². The fraction of sp³-hybridized carbons (Fsp3) is 0.444. The molecule has 210 valence electrons. The summed E-state index contributed by atoms with van der Waals surface area (Å²) in [5.41, 5.74) is 3.07. The number of fused-ring (bicyclic) bond motifs is 1. The minimum Gasteiger partial charge on any atom is -0.475 e. The van der Waals surface area contributed by atoms with Crippen LogP contribution in [0.5, 0.6) is 0 Å². The normalized spacial score (nSPS) is 20.6. The summed E-state index contributed by atoms with van der Waals surface area (Å²) < 4.78 is 34.6. The fourth-order valence-corrected chi connectivity index (χ4v) is 5.52. The van der Waals surface area contributed by atoms with Crippen LogP contribution in [0.25, 0.3) is 11.0 Å². The number of likely N-dealkylation sites (tertiary alicyclic amines) is 1. The van der Waals surface area contributed by atoms with Gasteiger partial charge in [0.05, 0.1) is 11.0 Å². The van der Waals surface area contributed by atoms with E-state index in [0.717, 1.165) is 54.4 Å². The molecule has 12 heteroatoms. The average Bonchev–Trinajstić information content (AvgIpc) is 3.62. The maximum Gasteiger partial charge on any atom is 0.490 e. The lowest BCUT2D eigenvalue weighted by Crippen LogP contribution is -2.45. The number of carboxylic acids is 1. The van der Waals surface area contributed by atoms with Gasteiger partial charge in [-0.05, 0) is 55.9 Å². The van der Waals surface area contributed by atoms with E-state index in [2.05, 4.69) is 50.2 Å². The first-order chi connectivity index (χ1) is 18.4. The van der Waals surface area contributed by atoms with E-state index in [4.69, 9.17) is 9.90 Å². The van der Waals surface area contributed by atoms with E-state index in [1.165, 1.54) is 5.56 Å². The van der Waals surface area contributed by atoms with Gasteiger partial charge in [0.15, 0.2) is 0 Å². The third kappa shape index (κ3) is 7.30. The van der Waals surface area contributed by atoms with Crippen LogP contribution in [0.15, 0.2) is 57.8 Å². The number of carboxylic acid groups (broad SMARTS) is 1. The number of aromatic amines is 1. The zero-order valence-corrected chi connectivity index (χ0v) is 22.8. The zero-order chi connectivity index (χ0) is 28.3. The molecular formula is C27H30BrF3N4O4. The predicted octanol–water partition coefficient (Wildman–Crippen LogP) is 4.67. The molecule has 2 fully saturated rings. The Labute approximate surface area is 231 Å². The van der Waals surface area contributed by atoms with E-state index >= 15 is 0 Å². The van der Waals surface area contributed by atoms with Crippen LogP contribution in [0.1, 0.15) is 43.7 Å². The lowest BCUT2D eigenvalue weighted by atomic mass is 10.0. The van der Waals surface area contributed by atoms with Gasteiger partial charge in [0, 0.05) is 42.1 Å². The minimum absolute atomic E-state index is 0.0328. The van der Waals surface area contributed by atoms with E-state index < -0.39 is 12.1 Å². The van der Waals surface area contributed by atoms with Crippen molar-refractivity contribution in [2.45, 2.75) is 50.4 Å². The van der Waals surface area contributed by atoms with Crippen LogP contribution in [0.4, 0.5) is 13.2 Å². The molecule has 3 N–H and O–H groups in total. The molecule has 1 aromatic heterocycles. The van der Waals surface area contributed by atoms with Crippen LogP contribution in [-0.2, 0) is 9.59 Å². The SMILES string of the molecule is C[C@@H](CN1CCC(n2c(=O)[nH]c3cc(Br)ccc32)CC1)NC(=O)[C@@H]1C[C@H]1c1ccccc1.O=C(O)C(F)(F)F. The fourth-order valence-electron chi connectivity index (χ4n) is 5.16. The predicted molar refractivity (Wildman–Crippen MR) is 144 cm³/mol. The molecule has 8 nitrogen and oxygen atoms in total. The van der Waals surface area contributed by atoms with E-state index in [9.17, 15) is 22.8 Å². The number of halogens is 4. The van der Waals surface area contributed by atoms with Gasteiger partial charge in [-0.1, -0.05) is 46.3 Å². The lowest BCUT2D eigenvalue weighted by Gasteiger charge is -2.34. The number of piperidine rings is 1. The van der Waals surface area contributed by atoms with Crippen LogP contribution in [0.2, 0.25) is 0 Å². The van der Waals surface area contributed by atoms with Gasteiger partial charge in [-0.15, -0.1) is 0 Å². The third-order valence-electron chi connectivity index (χ3n) is 7.12. The Morgan fingerprint density at radius 3 is 2.41 bits per heavy atom. The van der Waals surface area contributed by atoms with Gasteiger partial charge in [-0.3, -0.25) is 9.36 Å². The molecule has 1 aliphatic carbocycles. The van der Waals surface area contributed by atoms with Gasteiger partial charge in [0.2, 0.25) is 5.91 Å². The number of H-pyrrole nitrogens is 1. The molecular weight excluding hydrogens is 581 g/mol. The van der Waals surface area contributed by atoms with Crippen molar-refractivity contribution in [3.8, 4) is 0 Å². The highest BCUT2D eigenvalue weighted by Crippen LogP contribution is 2.47. The van der Waals surface area contributed by atoms with Crippen molar-refractivity contribution in [2.24, 2.45) is 5.92 Å². The summed E-state index contributed by atoms with van der Waals surface area (Å²) in [4.78, 5) is 39.5. The maximum absolute atomic E-state index is 12.7. The highest BCUT2D eigenvalue weighted by molar-refractivity contribution is 9.10. The molecule has 1 saturated carbocycles. The summed E-state index contributed by atoms with van der Waals surface area (Å²) in [6.07, 6.45) is -2.27. The number of amides is 1. The second-order valence-electron chi connectivity index (χ2n) is 10.1. The van der Waals surface area contributed by atoms with Crippen molar-refractivity contribution in [3.05, 3.63) is 69.1 Å². The Balaban J connectivity index is 0.000000448. The summed E-state index contributed by atoms with van der Waals surface area (Å²) in [5, 5.41) is 10.3. The van der Waals surface area contributed by atoms with E-state index in [0.29, 0.717) is 5.92 Å². The zero-order valence-electron chi connectivity index (χ0n) is 21.2. The number of rotatable bonds is 6. The van der Waals surface area contributed by atoms with Crippen molar-refractivity contribution >= 4 is 38.8 Å². The number of hydrogen-bond acceptors (Lipinski definition) is 4. The molecule has 2 aliphatic rings. The molecule has 0 spiro atoms. The molecule has 1 amide bonds. The Morgan fingerprint density at radius 1 is 1.15 bits per heavy atom. The van der Waals surface area contributed by atoms with E-state index in [-0.39, 0.29) is 29.6 Å².